The molecule has 0 aliphatic heterocycles. The molecule has 0 aromatic heterocycles. The van der Waals surface area contributed by atoms with E-state index in [1.54, 1.807) is 0 Å². The lowest BCUT2D eigenvalue weighted by atomic mass is 10.1. The van der Waals surface area contributed by atoms with Gasteiger partial charge >= 0.3 is 0 Å². The largest absolute Gasteiger partial charge is 0.389 e. The van der Waals surface area contributed by atoms with Crippen LogP contribution in [0.3, 0.4) is 0 Å². The van der Waals surface area contributed by atoms with Crippen LogP contribution in [0.5, 0.6) is 0 Å². The van der Waals surface area contributed by atoms with Crippen molar-refractivity contribution in [3.8, 4) is 0 Å². The van der Waals surface area contributed by atoms with E-state index in [9.17, 15) is 5.11 Å². The third kappa shape index (κ3) is 4.07. The zero-order valence-electron chi connectivity index (χ0n) is 8.28. The molecule has 14 heavy (non-hydrogen) atoms. The first kappa shape index (κ1) is 11.5. The molecular weight excluding hydrogens is 240 g/mol. The molecule has 0 bridgehead atoms. The van der Waals surface area contributed by atoms with Gasteiger partial charge in [0.1, 0.15) is 0 Å². The van der Waals surface area contributed by atoms with E-state index in [4.69, 9.17) is 0 Å². The van der Waals surface area contributed by atoms with E-state index in [0.29, 0.717) is 0 Å². The van der Waals surface area contributed by atoms with Crippen molar-refractivity contribution in [1.82, 2.24) is 0 Å². The Labute approximate surface area is 93.6 Å². The monoisotopic (exact) mass is 254 g/mol. The van der Waals surface area contributed by atoms with Crippen LogP contribution in [0, 0.1) is 0 Å². The third-order valence-electron chi connectivity index (χ3n) is 1.97. The minimum Gasteiger partial charge on any atom is -0.389 e. The molecular formula is C12H15BrO. The van der Waals surface area contributed by atoms with Crippen LogP contribution in [-0.4, -0.2) is 11.2 Å². The van der Waals surface area contributed by atoms with E-state index in [2.05, 4.69) is 22.9 Å². The SMILES string of the molecule is CCCC(O)/C=C/c1ccc(Br)cc1. The van der Waals surface area contributed by atoms with E-state index in [1.807, 2.05) is 36.4 Å². The highest BCUT2D eigenvalue weighted by atomic mass is 79.9. The summed E-state index contributed by atoms with van der Waals surface area (Å²) in [6, 6.07) is 8.01. The van der Waals surface area contributed by atoms with Crippen LogP contribution >= 0.6 is 15.9 Å². The molecule has 0 aliphatic carbocycles. The van der Waals surface area contributed by atoms with Gasteiger partial charge < -0.3 is 5.11 Å². The summed E-state index contributed by atoms with van der Waals surface area (Å²) < 4.78 is 1.07. The summed E-state index contributed by atoms with van der Waals surface area (Å²) in [7, 11) is 0. The lowest BCUT2D eigenvalue weighted by Crippen LogP contribution is -1.99. The molecule has 0 amide bonds. The zero-order chi connectivity index (χ0) is 10.4. The van der Waals surface area contributed by atoms with Gasteiger partial charge in [0.2, 0.25) is 0 Å². The van der Waals surface area contributed by atoms with Crippen molar-refractivity contribution in [2.24, 2.45) is 0 Å². The van der Waals surface area contributed by atoms with Crippen LogP contribution < -0.4 is 0 Å². The summed E-state index contributed by atoms with van der Waals surface area (Å²) in [6.07, 6.45) is 5.31. The first-order chi connectivity index (χ1) is 6.72. The van der Waals surface area contributed by atoms with Crippen molar-refractivity contribution in [3.63, 3.8) is 0 Å². The van der Waals surface area contributed by atoms with E-state index in [-0.39, 0.29) is 6.10 Å². The molecule has 1 nitrogen and oxygen atoms in total. The quantitative estimate of drug-likeness (QED) is 0.871. The topological polar surface area (TPSA) is 20.2 Å². The fourth-order valence-electron chi connectivity index (χ4n) is 1.19. The van der Waals surface area contributed by atoms with Crippen molar-refractivity contribution >= 4 is 22.0 Å². The standard InChI is InChI=1S/C12H15BrO/c1-2-3-12(14)9-6-10-4-7-11(13)8-5-10/h4-9,12,14H,2-3H2,1H3/b9-6+. The molecule has 0 heterocycles. The smallest absolute Gasteiger partial charge is 0.0724 e. The van der Waals surface area contributed by atoms with Crippen LogP contribution in [0.25, 0.3) is 6.08 Å². The summed E-state index contributed by atoms with van der Waals surface area (Å²) in [4.78, 5) is 0. The van der Waals surface area contributed by atoms with Gasteiger partial charge in [0.25, 0.3) is 0 Å². The maximum absolute atomic E-state index is 9.47. The Morgan fingerprint density at radius 1 is 1.36 bits per heavy atom. The average molecular weight is 255 g/mol. The zero-order valence-corrected chi connectivity index (χ0v) is 9.87. The fraction of sp³-hybridized carbons (Fsp3) is 0.333. The van der Waals surface area contributed by atoms with Crippen molar-refractivity contribution in [2.75, 3.05) is 0 Å². The maximum atomic E-state index is 9.47. The second-order valence-electron chi connectivity index (χ2n) is 3.27. The third-order valence-corrected chi connectivity index (χ3v) is 2.49. The van der Waals surface area contributed by atoms with Gasteiger partial charge in [-0.3, -0.25) is 0 Å². The number of hydrogen-bond acceptors (Lipinski definition) is 1. The van der Waals surface area contributed by atoms with Crippen LogP contribution in [0.15, 0.2) is 34.8 Å². The maximum Gasteiger partial charge on any atom is 0.0724 e. The van der Waals surface area contributed by atoms with Crippen molar-refractivity contribution < 1.29 is 5.11 Å². The number of aliphatic hydroxyl groups excluding tert-OH is 1. The molecule has 0 saturated heterocycles. The summed E-state index contributed by atoms with van der Waals surface area (Å²) >= 11 is 3.38. The normalized spacial score (nSPS) is 13.4. The predicted octanol–water partition coefficient (Wildman–Crippen LogP) is 3.62. The minimum absolute atomic E-state index is 0.316. The van der Waals surface area contributed by atoms with Gasteiger partial charge in [-0.05, 0) is 24.1 Å². The molecule has 1 atom stereocenters. The number of halogens is 1. The molecule has 1 aromatic carbocycles. The molecule has 0 fully saturated rings. The summed E-state index contributed by atoms with van der Waals surface area (Å²) in [5.74, 6) is 0. The molecule has 1 unspecified atom stereocenters. The van der Waals surface area contributed by atoms with E-state index in [1.165, 1.54) is 0 Å². The van der Waals surface area contributed by atoms with Gasteiger partial charge in [0, 0.05) is 4.47 Å². The average Bonchev–Trinajstić information content (AvgIpc) is 2.17. The highest BCUT2D eigenvalue weighted by Crippen LogP contribution is 2.12. The van der Waals surface area contributed by atoms with Gasteiger partial charge in [-0.1, -0.05) is 53.6 Å². The van der Waals surface area contributed by atoms with Crippen LogP contribution in [0.2, 0.25) is 0 Å². The number of aliphatic hydroxyl groups is 1. The Morgan fingerprint density at radius 3 is 2.57 bits per heavy atom. The van der Waals surface area contributed by atoms with E-state index >= 15 is 0 Å². The predicted molar refractivity (Wildman–Crippen MR) is 64.1 cm³/mol. The number of benzene rings is 1. The first-order valence-electron chi connectivity index (χ1n) is 4.84. The van der Waals surface area contributed by atoms with Gasteiger partial charge in [-0.2, -0.15) is 0 Å². The van der Waals surface area contributed by atoms with Gasteiger partial charge in [-0.25, -0.2) is 0 Å². The molecule has 0 saturated carbocycles. The molecule has 1 N–H and O–H groups in total. The molecule has 76 valence electrons. The Kier molecular flexibility index (Phi) is 4.91. The second-order valence-corrected chi connectivity index (χ2v) is 4.18. The molecule has 1 aromatic rings. The summed E-state index contributed by atoms with van der Waals surface area (Å²) in [5.41, 5.74) is 1.11. The Morgan fingerprint density at radius 2 is 2.00 bits per heavy atom. The molecule has 2 heteroatoms. The van der Waals surface area contributed by atoms with E-state index in [0.717, 1.165) is 22.9 Å². The lowest BCUT2D eigenvalue weighted by molar-refractivity contribution is 0.212. The second kappa shape index (κ2) is 5.99. The molecule has 0 radical (unpaired) electrons. The Hall–Kier alpha value is -0.600. The summed E-state index contributed by atoms with van der Waals surface area (Å²) in [6.45, 7) is 2.07. The van der Waals surface area contributed by atoms with Crippen molar-refractivity contribution in [1.29, 1.82) is 0 Å². The lowest BCUT2D eigenvalue weighted by Gasteiger charge is -2.01. The van der Waals surface area contributed by atoms with Crippen LogP contribution in [0.1, 0.15) is 25.3 Å². The molecule has 1 rings (SSSR count). The first-order valence-corrected chi connectivity index (χ1v) is 5.63. The van der Waals surface area contributed by atoms with Gasteiger partial charge in [-0.15, -0.1) is 0 Å². The molecule has 0 spiro atoms. The number of hydrogen-bond donors (Lipinski definition) is 1. The minimum atomic E-state index is -0.316. The van der Waals surface area contributed by atoms with Crippen molar-refractivity contribution in [2.45, 2.75) is 25.9 Å². The van der Waals surface area contributed by atoms with E-state index < -0.39 is 0 Å². The fourth-order valence-corrected chi connectivity index (χ4v) is 1.45. The highest BCUT2D eigenvalue weighted by molar-refractivity contribution is 9.10. The van der Waals surface area contributed by atoms with Gasteiger partial charge in [0.05, 0.1) is 6.10 Å². The summed E-state index contributed by atoms with van der Waals surface area (Å²) in [5, 5.41) is 9.47. The number of rotatable bonds is 4. The van der Waals surface area contributed by atoms with Gasteiger partial charge in [0.15, 0.2) is 0 Å². The highest BCUT2D eigenvalue weighted by Gasteiger charge is 1.95. The van der Waals surface area contributed by atoms with Crippen molar-refractivity contribution in [3.05, 3.63) is 40.4 Å². The Bertz CT molecular complexity index is 290. The van der Waals surface area contributed by atoms with Crippen LogP contribution in [-0.2, 0) is 0 Å². The molecule has 0 aliphatic rings. The Balaban J connectivity index is 2.55. The van der Waals surface area contributed by atoms with Crippen LogP contribution in [0.4, 0.5) is 0 Å².